The summed E-state index contributed by atoms with van der Waals surface area (Å²) in [6.45, 7) is 60.3. The fourth-order valence-corrected chi connectivity index (χ4v) is 47.4. The van der Waals surface area contributed by atoms with Crippen molar-refractivity contribution in [3.63, 3.8) is 0 Å². The lowest BCUT2D eigenvalue weighted by Crippen LogP contribution is -2.52. The van der Waals surface area contributed by atoms with Crippen LogP contribution in [-0.2, 0) is 37.0 Å². The second kappa shape index (κ2) is 28.4. The number of hydrogen-bond donors (Lipinski definition) is 0. The summed E-state index contributed by atoms with van der Waals surface area (Å²) in [5.41, 5.74) is 0. The Bertz CT molecular complexity index is 962. The van der Waals surface area contributed by atoms with Gasteiger partial charge in [0.1, 0.15) is 0 Å². The zero-order valence-electron chi connectivity index (χ0n) is 40.8. The third-order valence-corrected chi connectivity index (χ3v) is 43.6. The van der Waals surface area contributed by atoms with Gasteiger partial charge in [0.2, 0.25) is 0 Å². The lowest BCUT2D eigenvalue weighted by atomic mass is 10.3. The zero-order valence-corrected chi connectivity index (χ0v) is 53.4. The number of allylic oxidation sites excluding steroid dienone is 2. The predicted octanol–water partition coefficient (Wildman–Crippen LogP) is 12.2. The van der Waals surface area contributed by atoms with Crippen LogP contribution in [0.5, 0.6) is 0 Å². The Balaban J connectivity index is -0.000000530. The van der Waals surface area contributed by atoms with Gasteiger partial charge >= 0.3 is 17.1 Å². The molecule has 0 aromatic rings. The van der Waals surface area contributed by atoms with E-state index in [1.165, 1.54) is 0 Å². The van der Waals surface area contributed by atoms with Crippen LogP contribution in [0.25, 0.3) is 0 Å². The number of hydrogen-bond acceptors (Lipinski definition) is 9. The summed E-state index contributed by atoms with van der Waals surface area (Å²) in [6, 6.07) is 2.06. The van der Waals surface area contributed by atoms with Gasteiger partial charge in [-0.25, -0.2) is 0 Å². The minimum Gasteiger partial charge on any atom is -0.439 e. The van der Waals surface area contributed by atoms with Crippen molar-refractivity contribution < 1.29 is 37.0 Å². The highest BCUT2D eigenvalue weighted by Gasteiger charge is 2.41. The molecule has 0 spiro atoms. The van der Waals surface area contributed by atoms with Crippen molar-refractivity contribution in [1.29, 1.82) is 0 Å². The molecule has 0 bridgehead atoms. The summed E-state index contributed by atoms with van der Waals surface area (Å²) < 4.78 is 57.2. The van der Waals surface area contributed by atoms with Crippen LogP contribution < -0.4 is 0 Å². The third-order valence-electron chi connectivity index (χ3n) is 6.43. The Kier molecular flexibility index (Phi) is 32.7. The van der Waals surface area contributed by atoms with E-state index >= 15 is 0 Å². The monoisotopic (exact) mass is 998 g/mol. The van der Waals surface area contributed by atoms with E-state index in [9.17, 15) is 0 Å². The molecule has 21 heteroatoms. The average molecular weight is 1000 g/mol. The topological polar surface area (TPSA) is 83.1 Å². The van der Waals surface area contributed by atoms with E-state index in [2.05, 4.69) is 170 Å². The maximum absolute atomic E-state index is 6.71. The van der Waals surface area contributed by atoms with E-state index < -0.39 is 104 Å². The third kappa shape index (κ3) is 46.8. The van der Waals surface area contributed by atoms with Gasteiger partial charge in [-0.15, -0.1) is 13.2 Å². The molecule has 0 aromatic heterocycles. The zero-order chi connectivity index (χ0) is 44.3. The van der Waals surface area contributed by atoms with E-state index in [1.807, 2.05) is 12.2 Å². The molecule has 6 unspecified atom stereocenters. The lowest BCUT2D eigenvalue weighted by Gasteiger charge is -2.38. The first kappa shape index (κ1) is 64.3. The standard InChI is InChI=1S/C21H60O6Si8.C8H26O3Si4.C5H8.CH4/c1-28(22-30(3,4)5)24-34(15,26-32(9,10)11)20-18-17-19-21-35(16,27-33(12,13)14)25-29(2)23-31(6,7)8;1-12(10-14(3,4)5)9-13(2)11-15(6,7)8;1-3-5-4-2;/h28-29H,17-21H2,1-16H3;12-13H,1-8H3;3-4H,1-2,5H2;1H4. The van der Waals surface area contributed by atoms with Gasteiger partial charge in [-0.1, -0.05) is 38.8 Å². The van der Waals surface area contributed by atoms with E-state index in [0.717, 1.165) is 37.8 Å². The quantitative estimate of drug-likeness (QED) is 0.0478. The highest BCUT2D eigenvalue weighted by atomic mass is 28.5. The average Bonchev–Trinajstić information content (AvgIpc) is 2.82. The van der Waals surface area contributed by atoms with Gasteiger partial charge in [-0.2, -0.15) is 0 Å². The van der Waals surface area contributed by atoms with Gasteiger partial charge in [0.25, 0.3) is 37.1 Å². The fraction of sp³-hybridized carbons (Fsp3) is 0.886. The number of unbranched alkanes of at least 4 members (excludes halogenated alkanes) is 2. The molecule has 9 nitrogen and oxygen atoms in total. The molecule has 0 aromatic carbocycles. The van der Waals surface area contributed by atoms with E-state index in [1.54, 1.807) is 0 Å². The molecule has 0 aliphatic heterocycles. The summed E-state index contributed by atoms with van der Waals surface area (Å²) in [6.07, 6.45) is 7.94. The van der Waals surface area contributed by atoms with Gasteiger partial charge in [0.15, 0.2) is 49.9 Å². The Labute approximate surface area is 366 Å². The maximum Gasteiger partial charge on any atom is 0.315 e. The summed E-state index contributed by atoms with van der Waals surface area (Å²) in [4.78, 5) is 0. The van der Waals surface area contributed by atoms with Gasteiger partial charge in [0.05, 0.1) is 0 Å². The molecule has 56 heavy (non-hydrogen) atoms. The van der Waals surface area contributed by atoms with Crippen molar-refractivity contribution in [3.05, 3.63) is 25.3 Å². The molecule has 0 rings (SSSR count). The molecule has 0 aliphatic carbocycles. The predicted molar refractivity (Wildman–Crippen MR) is 280 cm³/mol. The summed E-state index contributed by atoms with van der Waals surface area (Å²) in [7, 11) is -20.3. The van der Waals surface area contributed by atoms with Crippen LogP contribution in [0.2, 0.25) is 169 Å². The minimum absolute atomic E-state index is 0. The van der Waals surface area contributed by atoms with Gasteiger partial charge in [-0.3, -0.25) is 0 Å². The molecule has 0 saturated heterocycles. The van der Waals surface area contributed by atoms with Crippen LogP contribution in [0, 0.1) is 0 Å². The number of rotatable bonds is 26. The largest absolute Gasteiger partial charge is 0.439 e. The van der Waals surface area contributed by atoms with Crippen LogP contribution in [0.4, 0.5) is 0 Å². The van der Waals surface area contributed by atoms with Crippen molar-refractivity contribution >= 4 is 104 Å². The Morgan fingerprint density at radius 1 is 0.375 bits per heavy atom. The Morgan fingerprint density at radius 2 is 0.625 bits per heavy atom. The van der Waals surface area contributed by atoms with Gasteiger partial charge in [-0.05, 0) is 176 Å². The smallest absolute Gasteiger partial charge is 0.315 e. The molecule has 0 fully saturated rings. The van der Waals surface area contributed by atoms with Crippen LogP contribution in [0.1, 0.15) is 33.1 Å². The molecular formula is C35H98O9Si12. The first-order chi connectivity index (χ1) is 24.2. The lowest BCUT2D eigenvalue weighted by molar-refractivity contribution is 0.340. The normalized spacial score (nSPS) is 17.3. The van der Waals surface area contributed by atoms with Crippen LogP contribution in [0.3, 0.4) is 0 Å². The molecule has 340 valence electrons. The van der Waals surface area contributed by atoms with Crippen molar-refractivity contribution in [1.82, 2.24) is 0 Å². The van der Waals surface area contributed by atoms with Crippen LogP contribution in [-0.4, -0.2) is 104 Å². The van der Waals surface area contributed by atoms with E-state index in [4.69, 9.17) is 37.0 Å². The van der Waals surface area contributed by atoms with Gasteiger partial charge < -0.3 is 37.0 Å². The van der Waals surface area contributed by atoms with Crippen LogP contribution >= 0.6 is 0 Å². The van der Waals surface area contributed by atoms with Crippen molar-refractivity contribution in [2.45, 2.75) is 202 Å². The molecule has 0 heterocycles. The highest BCUT2D eigenvalue weighted by Crippen LogP contribution is 2.28. The fourth-order valence-electron chi connectivity index (χ4n) is 5.82. The van der Waals surface area contributed by atoms with Gasteiger partial charge in [0, 0.05) is 0 Å². The minimum atomic E-state index is -2.27. The summed E-state index contributed by atoms with van der Waals surface area (Å²) in [5, 5.41) is 0. The molecule has 0 N–H and O–H groups in total. The van der Waals surface area contributed by atoms with Crippen LogP contribution in [0.15, 0.2) is 25.3 Å². The molecule has 0 saturated carbocycles. The molecular weight excluding hydrogens is 901 g/mol. The maximum atomic E-state index is 6.71. The van der Waals surface area contributed by atoms with Crippen molar-refractivity contribution in [3.8, 4) is 0 Å². The second-order valence-corrected chi connectivity index (χ2v) is 64.4. The molecule has 0 amide bonds. The SMILES string of the molecule is C.C=CCC=C.C[SiH](O[SiH](C)O[Si](C)(C)C)O[Si](C)(C)C.C[SiH](O[Si](C)(C)C)O[Si](C)(CCCCC[Si](C)(O[SiH](C)O[Si](C)(C)C)O[Si](C)(C)C)O[Si](C)(C)C. The Hall–Kier alpha value is 1.72. The Morgan fingerprint density at radius 3 is 0.821 bits per heavy atom. The summed E-state index contributed by atoms with van der Waals surface area (Å²) >= 11 is 0. The summed E-state index contributed by atoms with van der Waals surface area (Å²) in [5.74, 6) is 0. The second-order valence-electron chi connectivity index (χ2n) is 20.6. The molecule has 0 aliphatic rings. The highest BCUT2D eigenvalue weighted by molar-refractivity contribution is 6.86. The first-order valence-electron chi connectivity index (χ1n) is 20.6. The van der Waals surface area contributed by atoms with Crippen molar-refractivity contribution in [2.75, 3.05) is 0 Å². The first-order valence-corrected chi connectivity index (χ1v) is 54.5. The van der Waals surface area contributed by atoms with Crippen molar-refractivity contribution in [2.24, 2.45) is 0 Å². The molecule has 0 radical (unpaired) electrons. The van der Waals surface area contributed by atoms with E-state index in [-0.39, 0.29) is 7.43 Å². The van der Waals surface area contributed by atoms with E-state index in [0.29, 0.717) is 0 Å². The molecule has 6 atom stereocenters.